The lowest BCUT2D eigenvalue weighted by Crippen LogP contribution is -2.67. The summed E-state index contributed by atoms with van der Waals surface area (Å²) in [7, 11) is 0. The summed E-state index contributed by atoms with van der Waals surface area (Å²) in [4.78, 5) is 14.7. The molecule has 3 fully saturated rings. The van der Waals surface area contributed by atoms with E-state index in [1.54, 1.807) is 0 Å². The molecule has 0 spiro atoms. The van der Waals surface area contributed by atoms with Crippen LogP contribution >= 0.6 is 0 Å². The molecule has 1 saturated carbocycles. The quantitative estimate of drug-likeness (QED) is 0.803. The third-order valence-corrected chi connectivity index (χ3v) is 5.48. The number of piperazine rings is 1. The maximum absolute atomic E-state index is 12.5. The summed E-state index contributed by atoms with van der Waals surface area (Å²) in [6, 6.07) is 0.597. The van der Waals surface area contributed by atoms with Gasteiger partial charge in [0.1, 0.15) is 0 Å². The van der Waals surface area contributed by atoms with Crippen LogP contribution in [-0.2, 0) is 0 Å². The van der Waals surface area contributed by atoms with Gasteiger partial charge < -0.3 is 15.5 Å². The van der Waals surface area contributed by atoms with Gasteiger partial charge in [-0.25, -0.2) is 4.79 Å². The van der Waals surface area contributed by atoms with Gasteiger partial charge in [0.2, 0.25) is 0 Å². The van der Waals surface area contributed by atoms with E-state index in [9.17, 15) is 4.79 Å². The second-order valence-corrected chi connectivity index (χ2v) is 6.47. The summed E-state index contributed by atoms with van der Waals surface area (Å²) in [5.74, 6) is 0.710. The molecule has 19 heavy (non-hydrogen) atoms. The Morgan fingerprint density at radius 3 is 2.84 bits per heavy atom. The number of hydrogen-bond acceptors (Lipinski definition) is 2. The van der Waals surface area contributed by atoms with Gasteiger partial charge in [0.25, 0.3) is 0 Å². The lowest BCUT2D eigenvalue weighted by atomic mass is 9.73. The maximum atomic E-state index is 12.5. The van der Waals surface area contributed by atoms with E-state index in [0.29, 0.717) is 12.0 Å². The highest BCUT2D eigenvalue weighted by atomic mass is 16.2. The normalized spacial score (nSPS) is 35.4. The van der Waals surface area contributed by atoms with Crippen LogP contribution in [0.25, 0.3) is 0 Å². The first-order valence-electron chi connectivity index (χ1n) is 8.06. The zero-order valence-electron chi connectivity index (χ0n) is 12.1. The Labute approximate surface area is 116 Å². The van der Waals surface area contributed by atoms with Crippen molar-refractivity contribution in [3.05, 3.63) is 0 Å². The number of carbonyl (C=O) groups excluding carboxylic acids is 1. The minimum absolute atomic E-state index is 0.114. The summed E-state index contributed by atoms with van der Waals surface area (Å²) in [6.45, 7) is 4.72. The Kier molecular flexibility index (Phi) is 3.70. The second kappa shape index (κ2) is 5.31. The number of hydrogen-bond donors (Lipinski definition) is 2. The summed E-state index contributed by atoms with van der Waals surface area (Å²) in [5.41, 5.74) is 0.114. The fraction of sp³-hybridized carbons (Fsp3) is 0.933. The summed E-state index contributed by atoms with van der Waals surface area (Å²) >= 11 is 0. The van der Waals surface area contributed by atoms with Gasteiger partial charge in [0.05, 0.1) is 5.54 Å². The van der Waals surface area contributed by atoms with E-state index in [1.165, 1.54) is 44.9 Å². The maximum Gasteiger partial charge on any atom is 0.318 e. The second-order valence-electron chi connectivity index (χ2n) is 6.47. The van der Waals surface area contributed by atoms with Gasteiger partial charge in [-0.1, -0.05) is 19.3 Å². The summed E-state index contributed by atoms with van der Waals surface area (Å²) in [5, 5.41) is 6.63. The van der Waals surface area contributed by atoms with Crippen LogP contribution < -0.4 is 10.6 Å². The third kappa shape index (κ3) is 2.14. The number of urea groups is 1. The number of nitrogens with zero attached hydrogens (tertiary/aromatic N) is 1. The molecule has 2 unspecified atom stereocenters. The van der Waals surface area contributed by atoms with Crippen molar-refractivity contribution >= 4 is 6.03 Å². The molecule has 2 saturated heterocycles. The SMILES string of the molecule is CCNC(=O)N1C2CCC1(C1CCCCC1)CNC2. The predicted octanol–water partition coefficient (Wildman–Crippen LogP) is 2.10. The lowest BCUT2D eigenvalue weighted by molar-refractivity contribution is 0.0352. The zero-order chi connectivity index (χ0) is 13.3. The van der Waals surface area contributed by atoms with E-state index in [4.69, 9.17) is 0 Å². The summed E-state index contributed by atoms with van der Waals surface area (Å²) < 4.78 is 0. The number of rotatable bonds is 2. The van der Waals surface area contributed by atoms with Crippen LogP contribution in [0.4, 0.5) is 4.79 Å². The molecule has 4 heteroatoms. The topological polar surface area (TPSA) is 44.4 Å². The van der Waals surface area contributed by atoms with Crippen molar-refractivity contribution < 1.29 is 4.79 Å². The lowest BCUT2D eigenvalue weighted by Gasteiger charge is -2.50. The van der Waals surface area contributed by atoms with Crippen LogP contribution in [0.15, 0.2) is 0 Å². The Morgan fingerprint density at radius 2 is 2.11 bits per heavy atom. The Bertz CT molecular complexity index is 336. The molecule has 1 aliphatic carbocycles. The van der Waals surface area contributed by atoms with Crippen molar-refractivity contribution in [1.82, 2.24) is 15.5 Å². The third-order valence-electron chi connectivity index (χ3n) is 5.48. The van der Waals surface area contributed by atoms with Gasteiger partial charge in [-0.05, 0) is 38.5 Å². The van der Waals surface area contributed by atoms with Crippen molar-refractivity contribution in [1.29, 1.82) is 0 Å². The van der Waals surface area contributed by atoms with Gasteiger partial charge in [0, 0.05) is 25.7 Å². The van der Waals surface area contributed by atoms with Gasteiger partial charge in [-0.15, -0.1) is 0 Å². The number of amides is 2. The van der Waals surface area contributed by atoms with Gasteiger partial charge >= 0.3 is 6.03 Å². The molecule has 108 valence electrons. The van der Waals surface area contributed by atoms with Gasteiger partial charge in [-0.2, -0.15) is 0 Å². The van der Waals surface area contributed by atoms with Crippen LogP contribution in [0.3, 0.4) is 0 Å². The van der Waals surface area contributed by atoms with Crippen molar-refractivity contribution in [2.45, 2.75) is 63.5 Å². The average molecular weight is 265 g/mol. The molecule has 2 heterocycles. The van der Waals surface area contributed by atoms with Crippen LogP contribution in [0.2, 0.25) is 0 Å². The highest BCUT2D eigenvalue weighted by molar-refractivity contribution is 5.76. The van der Waals surface area contributed by atoms with E-state index in [0.717, 1.165) is 19.6 Å². The van der Waals surface area contributed by atoms with Crippen LogP contribution in [0, 0.1) is 5.92 Å². The first-order valence-corrected chi connectivity index (χ1v) is 8.06. The first kappa shape index (κ1) is 13.2. The average Bonchev–Trinajstić information content (AvgIpc) is 2.68. The summed E-state index contributed by atoms with van der Waals surface area (Å²) in [6.07, 6.45) is 9.08. The van der Waals surface area contributed by atoms with Crippen molar-refractivity contribution in [3.63, 3.8) is 0 Å². The minimum atomic E-state index is 0.114. The molecule has 2 atom stereocenters. The van der Waals surface area contributed by atoms with Crippen molar-refractivity contribution in [2.75, 3.05) is 19.6 Å². The fourth-order valence-electron chi connectivity index (χ4n) is 4.64. The molecule has 2 aliphatic heterocycles. The number of carbonyl (C=O) groups is 1. The molecule has 0 radical (unpaired) electrons. The molecule has 2 amide bonds. The first-order chi connectivity index (χ1) is 9.28. The van der Waals surface area contributed by atoms with Crippen LogP contribution in [0.1, 0.15) is 51.9 Å². The molecule has 0 aromatic heterocycles. The standard InChI is InChI=1S/C15H27N3O/c1-2-17-14(19)18-13-8-9-15(18,11-16-10-13)12-6-4-3-5-7-12/h12-13,16H,2-11H2,1H3,(H,17,19). The molecular weight excluding hydrogens is 238 g/mol. The molecule has 0 aromatic rings. The van der Waals surface area contributed by atoms with Gasteiger partial charge in [0.15, 0.2) is 0 Å². The van der Waals surface area contributed by atoms with Crippen molar-refractivity contribution in [2.24, 2.45) is 5.92 Å². The zero-order valence-corrected chi connectivity index (χ0v) is 12.1. The minimum Gasteiger partial charge on any atom is -0.338 e. The van der Waals surface area contributed by atoms with E-state index in [-0.39, 0.29) is 11.6 Å². The Hall–Kier alpha value is -0.770. The van der Waals surface area contributed by atoms with E-state index < -0.39 is 0 Å². The molecule has 0 aromatic carbocycles. The monoisotopic (exact) mass is 265 g/mol. The van der Waals surface area contributed by atoms with Crippen molar-refractivity contribution in [3.8, 4) is 0 Å². The van der Waals surface area contributed by atoms with E-state index in [1.807, 2.05) is 6.92 Å². The molecule has 4 nitrogen and oxygen atoms in total. The molecule has 3 aliphatic rings. The number of nitrogens with one attached hydrogen (secondary N) is 2. The van der Waals surface area contributed by atoms with Crippen LogP contribution in [-0.4, -0.2) is 42.1 Å². The largest absolute Gasteiger partial charge is 0.338 e. The van der Waals surface area contributed by atoms with E-state index in [2.05, 4.69) is 15.5 Å². The molecular formula is C15H27N3O. The van der Waals surface area contributed by atoms with Crippen LogP contribution in [0.5, 0.6) is 0 Å². The van der Waals surface area contributed by atoms with Gasteiger partial charge in [-0.3, -0.25) is 0 Å². The Balaban J connectivity index is 1.84. The predicted molar refractivity (Wildman–Crippen MR) is 76.1 cm³/mol. The molecule has 3 rings (SSSR count). The number of fused-ring (bicyclic) bond motifs is 2. The highest BCUT2D eigenvalue weighted by Crippen LogP contribution is 2.46. The fourth-order valence-corrected chi connectivity index (χ4v) is 4.64. The smallest absolute Gasteiger partial charge is 0.318 e. The Morgan fingerprint density at radius 1 is 1.32 bits per heavy atom. The van der Waals surface area contributed by atoms with E-state index >= 15 is 0 Å². The molecule has 2 N–H and O–H groups in total. The highest BCUT2D eigenvalue weighted by Gasteiger charge is 2.54. The molecule has 2 bridgehead atoms.